The molecule has 2 aromatic rings. The molecule has 1 atom stereocenters. The second-order valence-electron chi connectivity index (χ2n) is 4.87. The number of aryl methyl sites for hydroxylation is 1. The summed E-state index contributed by atoms with van der Waals surface area (Å²) >= 11 is 1.81. The van der Waals surface area contributed by atoms with Gasteiger partial charge in [0.1, 0.15) is 0 Å². The highest BCUT2D eigenvalue weighted by atomic mass is 32.2. The highest BCUT2D eigenvalue weighted by Gasteiger charge is 2.20. The molecule has 1 N–H and O–H groups in total. The van der Waals surface area contributed by atoms with Gasteiger partial charge < -0.3 is 5.32 Å². The minimum Gasteiger partial charge on any atom is -0.363 e. The van der Waals surface area contributed by atoms with Crippen molar-refractivity contribution in [3.05, 3.63) is 53.9 Å². The Balaban J connectivity index is 1.46. The van der Waals surface area contributed by atoms with Crippen LogP contribution in [-0.2, 0) is 6.54 Å². The largest absolute Gasteiger partial charge is 0.363 e. The van der Waals surface area contributed by atoms with Crippen molar-refractivity contribution < 1.29 is 0 Å². The molecule has 1 aromatic heterocycles. The molecule has 1 unspecified atom stereocenters. The van der Waals surface area contributed by atoms with Crippen LogP contribution in [0, 0.1) is 6.92 Å². The maximum absolute atomic E-state index is 4.57. The number of nitrogens with one attached hydrogen (secondary N) is 1. The van der Waals surface area contributed by atoms with E-state index in [1.165, 1.54) is 11.1 Å². The Morgan fingerprint density at radius 1 is 1.35 bits per heavy atom. The number of amidine groups is 1. The molecular weight excluding hydrogens is 268 g/mol. The lowest BCUT2D eigenvalue weighted by atomic mass is 10.1. The molecule has 2 heterocycles. The summed E-state index contributed by atoms with van der Waals surface area (Å²) in [7, 11) is 0. The first-order valence-electron chi connectivity index (χ1n) is 6.80. The van der Waals surface area contributed by atoms with Crippen molar-refractivity contribution in [1.82, 2.24) is 15.1 Å². The van der Waals surface area contributed by atoms with Crippen LogP contribution in [0.15, 0.2) is 47.7 Å². The summed E-state index contributed by atoms with van der Waals surface area (Å²) in [5, 5.41) is 9.16. The lowest BCUT2D eigenvalue weighted by Gasteiger charge is -2.09. The van der Waals surface area contributed by atoms with Crippen molar-refractivity contribution in [3.8, 4) is 0 Å². The minimum atomic E-state index is 0.450. The zero-order chi connectivity index (χ0) is 13.8. The summed E-state index contributed by atoms with van der Waals surface area (Å²) < 4.78 is 1.96. The maximum atomic E-state index is 4.57. The summed E-state index contributed by atoms with van der Waals surface area (Å²) in [6, 6.07) is 10.6. The van der Waals surface area contributed by atoms with Crippen LogP contribution in [0.2, 0.25) is 0 Å². The molecule has 0 saturated heterocycles. The van der Waals surface area contributed by atoms with E-state index in [9.17, 15) is 0 Å². The second-order valence-corrected chi connectivity index (χ2v) is 6.06. The fraction of sp³-hybridized carbons (Fsp3) is 0.333. The standard InChI is InChI=1S/C15H18N4S/c1-12-9-18-19(11-12)8-7-16-15-17-10-14(20-15)13-5-3-2-4-6-13/h2-6,9,11,14H,7-8,10H2,1H3,(H,16,17). The molecule has 104 valence electrons. The van der Waals surface area contributed by atoms with E-state index >= 15 is 0 Å². The molecule has 0 radical (unpaired) electrons. The van der Waals surface area contributed by atoms with Gasteiger partial charge in [0.05, 0.1) is 24.5 Å². The summed E-state index contributed by atoms with van der Waals surface area (Å²) in [4.78, 5) is 4.57. The fourth-order valence-corrected chi connectivity index (χ4v) is 3.23. The van der Waals surface area contributed by atoms with Gasteiger partial charge in [-0.3, -0.25) is 9.67 Å². The third-order valence-electron chi connectivity index (χ3n) is 3.21. The molecule has 0 aliphatic carbocycles. The van der Waals surface area contributed by atoms with E-state index in [1.807, 2.05) is 22.6 Å². The highest BCUT2D eigenvalue weighted by Crippen LogP contribution is 2.33. The molecule has 20 heavy (non-hydrogen) atoms. The number of benzene rings is 1. The topological polar surface area (TPSA) is 42.2 Å². The number of aromatic nitrogens is 2. The lowest BCUT2D eigenvalue weighted by Crippen LogP contribution is -2.24. The zero-order valence-corrected chi connectivity index (χ0v) is 12.3. The highest BCUT2D eigenvalue weighted by molar-refractivity contribution is 8.14. The average Bonchev–Trinajstić information content (AvgIpc) is 3.09. The number of nitrogens with zero attached hydrogens (tertiary/aromatic N) is 3. The molecule has 3 rings (SSSR count). The Morgan fingerprint density at radius 2 is 2.20 bits per heavy atom. The number of aliphatic imine (C=N–C) groups is 1. The summed E-state index contributed by atoms with van der Waals surface area (Å²) in [5.41, 5.74) is 2.54. The van der Waals surface area contributed by atoms with Crippen molar-refractivity contribution in [2.75, 3.05) is 13.1 Å². The quantitative estimate of drug-likeness (QED) is 0.939. The third kappa shape index (κ3) is 3.22. The summed E-state index contributed by atoms with van der Waals surface area (Å²) in [5.74, 6) is 0. The van der Waals surface area contributed by atoms with Crippen LogP contribution in [0.3, 0.4) is 0 Å². The molecular formula is C15H18N4S. The molecule has 0 saturated carbocycles. The Labute approximate surface area is 123 Å². The van der Waals surface area contributed by atoms with E-state index in [2.05, 4.69) is 58.9 Å². The molecule has 1 aromatic carbocycles. The number of hydrogen-bond acceptors (Lipinski definition) is 4. The molecule has 0 fully saturated rings. The number of hydrogen-bond donors (Lipinski definition) is 1. The Hall–Kier alpha value is -1.75. The van der Waals surface area contributed by atoms with E-state index in [0.29, 0.717) is 5.25 Å². The summed E-state index contributed by atoms with van der Waals surface area (Å²) in [6.45, 7) is 4.63. The van der Waals surface area contributed by atoms with Crippen LogP contribution in [0.1, 0.15) is 16.4 Å². The Kier molecular flexibility index (Phi) is 4.06. The predicted octanol–water partition coefficient (Wildman–Crippen LogP) is 2.63. The van der Waals surface area contributed by atoms with Crippen molar-refractivity contribution in [1.29, 1.82) is 0 Å². The number of thioether (sulfide) groups is 1. The first-order chi connectivity index (χ1) is 9.81. The van der Waals surface area contributed by atoms with Gasteiger partial charge in [-0.1, -0.05) is 42.1 Å². The molecule has 1 aliphatic rings. The molecule has 4 nitrogen and oxygen atoms in total. The van der Waals surface area contributed by atoms with E-state index in [-0.39, 0.29) is 0 Å². The first-order valence-corrected chi connectivity index (χ1v) is 7.68. The molecule has 5 heteroatoms. The Bertz CT molecular complexity index is 591. The normalized spacial score (nSPS) is 18.1. The molecule has 0 bridgehead atoms. The lowest BCUT2D eigenvalue weighted by molar-refractivity contribution is 0.604. The van der Waals surface area contributed by atoms with Crippen molar-refractivity contribution in [3.63, 3.8) is 0 Å². The van der Waals surface area contributed by atoms with Crippen molar-refractivity contribution in [2.45, 2.75) is 18.7 Å². The zero-order valence-electron chi connectivity index (χ0n) is 11.5. The van der Waals surface area contributed by atoms with E-state index in [0.717, 1.165) is 24.8 Å². The van der Waals surface area contributed by atoms with Gasteiger partial charge in [0.2, 0.25) is 0 Å². The predicted molar refractivity (Wildman–Crippen MR) is 84.0 cm³/mol. The van der Waals surface area contributed by atoms with E-state index in [1.54, 1.807) is 0 Å². The second kappa shape index (κ2) is 6.13. The van der Waals surface area contributed by atoms with Gasteiger partial charge in [0.25, 0.3) is 0 Å². The van der Waals surface area contributed by atoms with Crippen LogP contribution in [0.4, 0.5) is 0 Å². The molecule has 0 amide bonds. The van der Waals surface area contributed by atoms with E-state index in [4.69, 9.17) is 0 Å². The van der Waals surface area contributed by atoms with Gasteiger partial charge >= 0.3 is 0 Å². The van der Waals surface area contributed by atoms with Crippen LogP contribution in [0.25, 0.3) is 0 Å². The summed E-state index contributed by atoms with van der Waals surface area (Å²) in [6.07, 6.45) is 3.94. The smallest absolute Gasteiger partial charge is 0.157 e. The number of rotatable bonds is 4. The van der Waals surface area contributed by atoms with Crippen molar-refractivity contribution in [2.24, 2.45) is 4.99 Å². The van der Waals surface area contributed by atoms with Crippen LogP contribution < -0.4 is 5.32 Å². The van der Waals surface area contributed by atoms with Crippen LogP contribution >= 0.6 is 11.8 Å². The monoisotopic (exact) mass is 286 g/mol. The SMILES string of the molecule is Cc1cnn(CCNC2=NCC(c3ccccc3)S2)c1. The van der Waals surface area contributed by atoms with Gasteiger partial charge in [-0.2, -0.15) is 5.10 Å². The molecule has 0 spiro atoms. The van der Waals surface area contributed by atoms with Gasteiger partial charge in [0.15, 0.2) is 5.17 Å². The van der Waals surface area contributed by atoms with Gasteiger partial charge in [-0.05, 0) is 18.1 Å². The maximum Gasteiger partial charge on any atom is 0.157 e. The fourth-order valence-electron chi connectivity index (χ4n) is 2.18. The first kappa shape index (κ1) is 13.2. The van der Waals surface area contributed by atoms with Gasteiger partial charge in [-0.25, -0.2) is 0 Å². The van der Waals surface area contributed by atoms with Crippen LogP contribution in [0.5, 0.6) is 0 Å². The average molecular weight is 286 g/mol. The molecule has 1 aliphatic heterocycles. The van der Waals surface area contributed by atoms with Crippen LogP contribution in [-0.4, -0.2) is 28.0 Å². The van der Waals surface area contributed by atoms with Gasteiger partial charge in [-0.15, -0.1) is 0 Å². The van der Waals surface area contributed by atoms with E-state index < -0.39 is 0 Å². The minimum absolute atomic E-state index is 0.450. The Morgan fingerprint density at radius 3 is 2.95 bits per heavy atom. The van der Waals surface area contributed by atoms with Gasteiger partial charge in [0, 0.05) is 12.7 Å². The van der Waals surface area contributed by atoms with Crippen molar-refractivity contribution >= 4 is 16.9 Å². The third-order valence-corrected chi connectivity index (χ3v) is 4.41.